The van der Waals surface area contributed by atoms with Gasteiger partial charge in [-0.3, -0.25) is 0 Å². The maximum atomic E-state index is 9.96. The van der Waals surface area contributed by atoms with Crippen LogP contribution in [0.25, 0.3) is 0 Å². The number of carbonyl (C=O) groups is 1. The molecule has 2 atom stereocenters. The minimum atomic E-state index is -0.780. The first-order valence-corrected chi connectivity index (χ1v) is 4.24. The zero-order valence-electron chi connectivity index (χ0n) is 5.70. The molecule has 3 heteroatoms. The van der Waals surface area contributed by atoms with E-state index >= 15 is 0 Å². The van der Waals surface area contributed by atoms with Crippen LogP contribution in [0.5, 0.6) is 0 Å². The van der Waals surface area contributed by atoms with E-state index in [0.29, 0.717) is 6.29 Å². The normalized spacial score (nSPS) is 16.8. The highest BCUT2D eigenvalue weighted by atomic mass is 32.2. The van der Waals surface area contributed by atoms with Crippen LogP contribution in [0, 0.1) is 5.92 Å². The average molecular weight is 148 g/mol. The fourth-order valence-corrected chi connectivity index (χ4v) is 1.22. The maximum Gasteiger partial charge on any atom is 0.148 e. The number of rotatable bonds is 4. The van der Waals surface area contributed by atoms with Crippen molar-refractivity contribution in [3.63, 3.8) is 0 Å². The standard InChI is InChI=1S/C6H12O2S/c1-5(4-9-2)6(8)3-7/h3,5-6,8H,4H2,1-2H3/t5-,6+/m1/s1. The molecule has 0 radical (unpaired) electrons. The molecule has 0 spiro atoms. The van der Waals surface area contributed by atoms with Gasteiger partial charge in [0, 0.05) is 0 Å². The summed E-state index contributed by atoms with van der Waals surface area (Å²) in [6.07, 6.45) is 1.76. The third kappa shape index (κ3) is 3.54. The highest BCUT2D eigenvalue weighted by Gasteiger charge is 2.10. The van der Waals surface area contributed by atoms with Gasteiger partial charge in [0.15, 0.2) is 0 Å². The highest BCUT2D eigenvalue weighted by molar-refractivity contribution is 7.98. The summed E-state index contributed by atoms with van der Waals surface area (Å²) in [7, 11) is 0. The van der Waals surface area contributed by atoms with Crippen molar-refractivity contribution < 1.29 is 9.90 Å². The molecule has 0 fully saturated rings. The van der Waals surface area contributed by atoms with Gasteiger partial charge in [-0.1, -0.05) is 6.92 Å². The quantitative estimate of drug-likeness (QED) is 0.591. The smallest absolute Gasteiger partial charge is 0.148 e. The van der Waals surface area contributed by atoms with Gasteiger partial charge >= 0.3 is 0 Å². The summed E-state index contributed by atoms with van der Waals surface area (Å²) >= 11 is 1.63. The van der Waals surface area contributed by atoms with Gasteiger partial charge < -0.3 is 9.90 Å². The van der Waals surface area contributed by atoms with Crippen LogP contribution in [0.3, 0.4) is 0 Å². The topological polar surface area (TPSA) is 37.3 Å². The summed E-state index contributed by atoms with van der Waals surface area (Å²) in [5.74, 6) is 0.914. The Labute approximate surface area is 59.6 Å². The van der Waals surface area contributed by atoms with Crippen molar-refractivity contribution in [2.75, 3.05) is 12.0 Å². The second kappa shape index (κ2) is 4.82. The van der Waals surface area contributed by atoms with E-state index in [0.717, 1.165) is 5.75 Å². The summed E-state index contributed by atoms with van der Waals surface area (Å²) in [4.78, 5) is 9.96. The summed E-state index contributed by atoms with van der Waals surface area (Å²) in [5.41, 5.74) is 0. The first kappa shape index (κ1) is 8.98. The van der Waals surface area contributed by atoms with Crippen LogP contribution >= 0.6 is 11.8 Å². The Kier molecular flexibility index (Phi) is 4.81. The fraction of sp³-hybridized carbons (Fsp3) is 0.833. The average Bonchev–Trinajstić information content (AvgIpc) is 1.87. The van der Waals surface area contributed by atoms with E-state index in [1.807, 2.05) is 13.2 Å². The summed E-state index contributed by atoms with van der Waals surface area (Å²) < 4.78 is 0. The number of hydrogen-bond donors (Lipinski definition) is 1. The molecule has 0 aromatic rings. The lowest BCUT2D eigenvalue weighted by Crippen LogP contribution is -2.20. The Morgan fingerprint density at radius 2 is 2.33 bits per heavy atom. The molecule has 0 unspecified atom stereocenters. The van der Waals surface area contributed by atoms with Gasteiger partial charge in [0.1, 0.15) is 12.4 Å². The van der Waals surface area contributed by atoms with Crippen molar-refractivity contribution in [1.29, 1.82) is 0 Å². The number of aliphatic hydroxyl groups excluding tert-OH is 1. The van der Waals surface area contributed by atoms with Gasteiger partial charge in [0.05, 0.1) is 0 Å². The molecule has 0 aromatic carbocycles. The molecular weight excluding hydrogens is 136 g/mol. The molecule has 0 aliphatic rings. The van der Waals surface area contributed by atoms with E-state index in [4.69, 9.17) is 5.11 Å². The fourth-order valence-electron chi connectivity index (χ4n) is 0.496. The van der Waals surface area contributed by atoms with Crippen LogP contribution in [-0.4, -0.2) is 29.5 Å². The van der Waals surface area contributed by atoms with E-state index in [1.54, 1.807) is 11.8 Å². The summed E-state index contributed by atoms with van der Waals surface area (Å²) in [6, 6.07) is 0. The molecule has 0 rings (SSSR count). The molecule has 0 saturated heterocycles. The Morgan fingerprint density at radius 3 is 2.67 bits per heavy atom. The van der Waals surface area contributed by atoms with Crippen molar-refractivity contribution in [1.82, 2.24) is 0 Å². The Bertz CT molecular complexity index is 85.1. The second-order valence-corrected chi connectivity index (χ2v) is 2.97. The van der Waals surface area contributed by atoms with Crippen LogP contribution in [0.2, 0.25) is 0 Å². The molecular formula is C6H12O2S. The monoisotopic (exact) mass is 148 g/mol. The summed E-state index contributed by atoms with van der Waals surface area (Å²) in [6.45, 7) is 1.86. The van der Waals surface area contributed by atoms with Crippen LogP contribution in [0.15, 0.2) is 0 Å². The van der Waals surface area contributed by atoms with Gasteiger partial charge in [0.25, 0.3) is 0 Å². The predicted octanol–water partition coefficient (Wildman–Crippen LogP) is 0.545. The molecule has 54 valence electrons. The SMILES string of the molecule is CSC[C@@H](C)[C@@H](O)C=O. The highest BCUT2D eigenvalue weighted by Crippen LogP contribution is 2.07. The minimum absolute atomic E-state index is 0.0810. The van der Waals surface area contributed by atoms with Crippen LogP contribution in [-0.2, 0) is 4.79 Å². The minimum Gasteiger partial charge on any atom is -0.385 e. The Balaban J connectivity index is 3.44. The van der Waals surface area contributed by atoms with Crippen molar-refractivity contribution in [2.24, 2.45) is 5.92 Å². The molecule has 9 heavy (non-hydrogen) atoms. The zero-order valence-corrected chi connectivity index (χ0v) is 6.52. The first-order chi connectivity index (χ1) is 4.22. The number of hydrogen-bond acceptors (Lipinski definition) is 3. The van der Waals surface area contributed by atoms with E-state index in [9.17, 15) is 4.79 Å². The van der Waals surface area contributed by atoms with Crippen molar-refractivity contribution in [3.05, 3.63) is 0 Å². The van der Waals surface area contributed by atoms with Gasteiger partial charge in [-0.05, 0) is 17.9 Å². The lowest BCUT2D eigenvalue weighted by molar-refractivity contribution is -0.116. The van der Waals surface area contributed by atoms with E-state index in [1.165, 1.54) is 0 Å². The molecule has 0 aliphatic carbocycles. The molecule has 1 N–H and O–H groups in total. The van der Waals surface area contributed by atoms with Crippen LogP contribution in [0.1, 0.15) is 6.92 Å². The van der Waals surface area contributed by atoms with Crippen molar-refractivity contribution >= 4 is 18.0 Å². The number of aldehydes is 1. The lowest BCUT2D eigenvalue weighted by Gasteiger charge is -2.10. The molecule has 0 saturated carbocycles. The molecule has 0 heterocycles. The second-order valence-electron chi connectivity index (χ2n) is 2.06. The maximum absolute atomic E-state index is 9.96. The molecule has 0 aromatic heterocycles. The van der Waals surface area contributed by atoms with Crippen LogP contribution in [0.4, 0.5) is 0 Å². The lowest BCUT2D eigenvalue weighted by atomic mass is 10.1. The largest absolute Gasteiger partial charge is 0.385 e. The van der Waals surface area contributed by atoms with E-state index in [2.05, 4.69) is 0 Å². The van der Waals surface area contributed by atoms with Gasteiger partial charge in [0.2, 0.25) is 0 Å². The third-order valence-corrected chi connectivity index (χ3v) is 2.01. The van der Waals surface area contributed by atoms with Crippen molar-refractivity contribution in [2.45, 2.75) is 13.0 Å². The van der Waals surface area contributed by atoms with Crippen LogP contribution < -0.4 is 0 Å². The first-order valence-electron chi connectivity index (χ1n) is 2.84. The van der Waals surface area contributed by atoms with E-state index < -0.39 is 6.10 Å². The Morgan fingerprint density at radius 1 is 1.78 bits per heavy atom. The number of aliphatic hydroxyl groups is 1. The number of carbonyl (C=O) groups excluding carboxylic acids is 1. The van der Waals surface area contributed by atoms with Gasteiger partial charge in [-0.25, -0.2) is 0 Å². The van der Waals surface area contributed by atoms with Gasteiger partial charge in [-0.2, -0.15) is 11.8 Å². The number of thioether (sulfide) groups is 1. The summed E-state index contributed by atoms with van der Waals surface area (Å²) in [5, 5.41) is 8.88. The molecule has 0 amide bonds. The Hall–Kier alpha value is -0.0200. The van der Waals surface area contributed by atoms with E-state index in [-0.39, 0.29) is 5.92 Å². The predicted molar refractivity (Wildman–Crippen MR) is 39.6 cm³/mol. The molecule has 0 bridgehead atoms. The third-order valence-electron chi connectivity index (χ3n) is 1.15. The molecule has 2 nitrogen and oxygen atoms in total. The van der Waals surface area contributed by atoms with Gasteiger partial charge in [-0.15, -0.1) is 0 Å². The molecule has 0 aliphatic heterocycles. The zero-order chi connectivity index (χ0) is 7.28. The van der Waals surface area contributed by atoms with Crippen molar-refractivity contribution in [3.8, 4) is 0 Å².